The first-order valence-corrected chi connectivity index (χ1v) is 4.88. The molecule has 0 saturated heterocycles. The number of hydrogen-bond donors (Lipinski definition) is 3. The van der Waals surface area contributed by atoms with Crippen molar-refractivity contribution in [3.63, 3.8) is 0 Å². The average Bonchev–Trinajstić information content (AvgIpc) is 2.34. The molecule has 3 N–H and O–H groups in total. The second-order valence-corrected chi connectivity index (χ2v) is 3.27. The van der Waals surface area contributed by atoms with Crippen molar-refractivity contribution < 1.29 is 5.11 Å². The van der Waals surface area contributed by atoms with E-state index in [9.17, 15) is 4.79 Å². The van der Waals surface area contributed by atoms with Gasteiger partial charge in [0.15, 0.2) is 5.82 Å². The third-order valence-corrected chi connectivity index (χ3v) is 1.96. The molecule has 17 heavy (non-hydrogen) atoms. The highest BCUT2D eigenvalue weighted by atomic mass is 16.3. The van der Waals surface area contributed by atoms with E-state index in [1.165, 1.54) is 12.1 Å². The Bertz CT molecular complexity index is 554. The van der Waals surface area contributed by atoms with Crippen LogP contribution in [0.3, 0.4) is 0 Å². The van der Waals surface area contributed by atoms with Gasteiger partial charge in [0.25, 0.3) is 5.56 Å². The molecule has 6 nitrogen and oxygen atoms in total. The van der Waals surface area contributed by atoms with Gasteiger partial charge in [0.2, 0.25) is 0 Å². The Morgan fingerprint density at radius 3 is 2.65 bits per heavy atom. The average molecular weight is 230 g/mol. The van der Waals surface area contributed by atoms with E-state index in [4.69, 9.17) is 5.11 Å². The number of H-pyrrole nitrogens is 1. The summed E-state index contributed by atoms with van der Waals surface area (Å²) in [4.78, 5) is 10.7. The Morgan fingerprint density at radius 1 is 1.24 bits per heavy atom. The zero-order valence-electron chi connectivity index (χ0n) is 8.79. The topological polar surface area (TPSA) is 90.4 Å². The number of nitrogens with one attached hydrogen (secondary N) is 2. The lowest BCUT2D eigenvalue weighted by molar-refractivity contribution is 0.475. The van der Waals surface area contributed by atoms with E-state index in [2.05, 4.69) is 20.7 Å². The maximum Gasteiger partial charge on any atom is 0.264 e. The Balaban J connectivity index is 2.00. The standard InChI is InChI=1S/C11H10N4O2/c16-9-3-1-8(2-4-9)7-12-13-10-5-6-11(17)15-14-10/h1-7,16H,(H,13,14)(H,15,17). The fraction of sp³-hybridized carbons (Fsp3) is 0. The van der Waals surface area contributed by atoms with Crippen LogP contribution in [0.2, 0.25) is 0 Å². The van der Waals surface area contributed by atoms with Crippen LogP contribution in [0, 0.1) is 0 Å². The van der Waals surface area contributed by atoms with Crippen molar-refractivity contribution in [2.75, 3.05) is 5.43 Å². The van der Waals surface area contributed by atoms with Gasteiger partial charge in [0, 0.05) is 6.07 Å². The number of anilines is 1. The largest absolute Gasteiger partial charge is 0.508 e. The third-order valence-electron chi connectivity index (χ3n) is 1.96. The number of rotatable bonds is 3. The molecule has 1 heterocycles. The predicted octanol–water partition coefficient (Wildman–Crippen LogP) is 0.921. The van der Waals surface area contributed by atoms with Gasteiger partial charge in [-0.05, 0) is 35.9 Å². The van der Waals surface area contributed by atoms with Crippen molar-refractivity contribution in [1.82, 2.24) is 10.2 Å². The van der Waals surface area contributed by atoms with Gasteiger partial charge in [-0.3, -0.25) is 10.2 Å². The molecule has 0 aliphatic carbocycles. The molecule has 0 aliphatic rings. The zero-order chi connectivity index (χ0) is 12.1. The highest BCUT2D eigenvalue weighted by Gasteiger charge is 1.91. The Morgan fingerprint density at radius 2 is 2.00 bits per heavy atom. The van der Waals surface area contributed by atoms with Crippen LogP contribution < -0.4 is 11.0 Å². The highest BCUT2D eigenvalue weighted by Crippen LogP contribution is 2.07. The number of aromatic nitrogens is 2. The summed E-state index contributed by atoms with van der Waals surface area (Å²) in [6.07, 6.45) is 1.58. The van der Waals surface area contributed by atoms with Crippen molar-refractivity contribution in [2.45, 2.75) is 0 Å². The summed E-state index contributed by atoms with van der Waals surface area (Å²) in [6, 6.07) is 9.46. The summed E-state index contributed by atoms with van der Waals surface area (Å²) in [5.41, 5.74) is 3.23. The van der Waals surface area contributed by atoms with Crippen molar-refractivity contribution in [3.8, 4) is 5.75 Å². The van der Waals surface area contributed by atoms with Crippen LogP contribution in [0.4, 0.5) is 5.82 Å². The summed E-state index contributed by atoms with van der Waals surface area (Å²) in [5, 5.41) is 19.0. The number of nitrogens with zero attached hydrogens (tertiary/aromatic N) is 2. The Hall–Kier alpha value is -2.63. The zero-order valence-corrected chi connectivity index (χ0v) is 8.79. The van der Waals surface area contributed by atoms with Crippen LogP contribution in [0.5, 0.6) is 5.75 Å². The molecule has 0 amide bonds. The second kappa shape index (κ2) is 4.93. The van der Waals surface area contributed by atoms with Crippen molar-refractivity contribution >= 4 is 12.0 Å². The van der Waals surface area contributed by atoms with E-state index in [-0.39, 0.29) is 11.3 Å². The van der Waals surface area contributed by atoms with Gasteiger partial charge in [-0.1, -0.05) is 0 Å². The number of phenols is 1. The van der Waals surface area contributed by atoms with E-state index in [0.717, 1.165) is 5.56 Å². The summed E-state index contributed by atoms with van der Waals surface area (Å²) < 4.78 is 0. The molecule has 0 unspecified atom stereocenters. The van der Waals surface area contributed by atoms with Gasteiger partial charge in [-0.15, -0.1) is 0 Å². The van der Waals surface area contributed by atoms with E-state index in [0.29, 0.717) is 5.82 Å². The minimum absolute atomic E-state index is 0.206. The first-order valence-electron chi connectivity index (χ1n) is 4.88. The minimum atomic E-state index is -0.266. The maximum atomic E-state index is 10.7. The number of hydrazone groups is 1. The lowest BCUT2D eigenvalue weighted by Gasteiger charge is -1.97. The number of benzene rings is 1. The van der Waals surface area contributed by atoms with Crippen LogP contribution in [0.1, 0.15) is 5.56 Å². The molecule has 2 rings (SSSR count). The Kier molecular flexibility index (Phi) is 3.15. The number of aromatic hydroxyl groups is 1. The molecular formula is C11H10N4O2. The van der Waals surface area contributed by atoms with E-state index in [1.807, 2.05) is 0 Å². The van der Waals surface area contributed by atoms with Gasteiger partial charge in [0.1, 0.15) is 5.75 Å². The van der Waals surface area contributed by atoms with Crippen LogP contribution in [0.15, 0.2) is 46.3 Å². The lowest BCUT2D eigenvalue weighted by Crippen LogP contribution is -2.06. The summed E-state index contributed by atoms with van der Waals surface area (Å²) in [7, 11) is 0. The molecule has 86 valence electrons. The molecule has 0 fully saturated rings. The SMILES string of the molecule is O=c1ccc(NN=Cc2ccc(O)cc2)n[nH]1. The van der Waals surface area contributed by atoms with Crippen LogP contribution in [0.25, 0.3) is 0 Å². The minimum Gasteiger partial charge on any atom is -0.508 e. The quantitative estimate of drug-likeness (QED) is 0.540. The molecule has 2 aromatic rings. The molecule has 0 atom stereocenters. The molecule has 6 heteroatoms. The molecule has 1 aromatic carbocycles. The molecule has 1 aromatic heterocycles. The summed E-state index contributed by atoms with van der Waals surface area (Å²) in [6.45, 7) is 0. The molecule has 0 radical (unpaired) electrons. The van der Waals surface area contributed by atoms with E-state index in [1.54, 1.807) is 30.5 Å². The van der Waals surface area contributed by atoms with Crippen molar-refractivity contribution in [1.29, 1.82) is 0 Å². The van der Waals surface area contributed by atoms with Crippen LogP contribution in [-0.4, -0.2) is 21.5 Å². The van der Waals surface area contributed by atoms with Gasteiger partial charge in [-0.25, -0.2) is 5.10 Å². The van der Waals surface area contributed by atoms with Gasteiger partial charge >= 0.3 is 0 Å². The van der Waals surface area contributed by atoms with E-state index < -0.39 is 0 Å². The van der Waals surface area contributed by atoms with E-state index >= 15 is 0 Å². The van der Waals surface area contributed by atoms with Gasteiger partial charge < -0.3 is 5.11 Å². The monoisotopic (exact) mass is 230 g/mol. The van der Waals surface area contributed by atoms with Gasteiger partial charge in [0.05, 0.1) is 6.21 Å². The molecule has 0 saturated carbocycles. The first kappa shape index (κ1) is 10.9. The predicted molar refractivity (Wildman–Crippen MR) is 64.2 cm³/mol. The fourth-order valence-electron chi connectivity index (χ4n) is 1.14. The molecular weight excluding hydrogens is 220 g/mol. The first-order chi connectivity index (χ1) is 8.24. The van der Waals surface area contributed by atoms with Crippen molar-refractivity contribution in [2.24, 2.45) is 5.10 Å². The number of hydrogen-bond acceptors (Lipinski definition) is 5. The lowest BCUT2D eigenvalue weighted by atomic mass is 10.2. The Labute approximate surface area is 96.6 Å². The maximum absolute atomic E-state index is 10.7. The highest BCUT2D eigenvalue weighted by molar-refractivity contribution is 5.80. The fourth-order valence-corrected chi connectivity index (χ4v) is 1.14. The smallest absolute Gasteiger partial charge is 0.264 e. The normalized spacial score (nSPS) is 10.6. The van der Waals surface area contributed by atoms with Crippen LogP contribution in [-0.2, 0) is 0 Å². The second-order valence-electron chi connectivity index (χ2n) is 3.27. The van der Waals surface area contributed by atoms with Crippen LogP contribution >= 0.6 is 0 Å². The number of aromatic amines is 1. The molecule has 0 bridgehead atoms. The molecule has 0 aliphatic heterocycles. The summed E-state index contributed by atoms with van der Waals surface area (Å²) >= 11 is 0. The van der Waals surface area contributed by atoms with Crippen molar-refractivity contribution in [3.05, 3.63) is 52.3 Å². The molecule has 0 spiro atoms. The number of phenolic OH excluding ortho intramolecular Hbond substituents is 1. The van der Waals surface area contributed by atoms with Gasteiger partial charge in [-0.2, -0.15) is 10.2 Å². The third kappa shape index (κ3) is 3.16. The summed E-state index contributed by atoms with van der Waals surface area (Å²) in [5.74, 6) is 0.650.